The molecule has 2 aliphatic rings. The van der Waals surface area contributed by atoms with E-state index in [0.717, 1.165) is 29.9 Å². The molecular weight excluding hydrogens is 312 g/mol. The molecule has 1 fully saturated rings. The van der Waals surface area contributed by atoms with Crippen molar-refractivity contribution in [3.05, 3.63) is 64.4 Å². The van der Waals surface area contributed by atoms with E-state index < -0.39 is 0 Å². The second kappa shape index (κ2) is 5.41. The standard InChI is InChI=1S/C20H20N4O/c1-2-16-17-20(25)22-18(13-6-4-3-5-7-13)23-24(17)19(21-16)15-11-12-8-9-14(15)10-12/h3-9,12,14-15H,2,10-11H2,1H3,(H,22,23,25). The molecule has 0 aliphatic heterocycles. The van der Waals surface area contributed by atoms with Crippen molar-refractivity contribution >= 4 is 5.52 Å². The van der Waals surface area contributed by atoms with Crippen molar-refractivity contribution in [2.75, 3.05) is 0 Å². The van der Waals surface area contributed by atoms with Gasteiger partial charge in [-0.2, -0.15) is 0 Å². The molecule has 0 amide bonds. The van der Waals surface area contributed by atoms with Gasteiger partial charge in [-0.3, -0.25) is 4.79 Å². The van der Waals surface area contributed by atoms with Crippen molar-refractivity contribution in [2.45, 2.75) is 32.1 Å². The van der Waals surface area contributed by atoms with E-state index in [9.17, 15) is 4.79 Å². The molecule has 2 aromatic heterocycles. The Bertz CT molecular complexity index is 1030. The highest BCUT2D eigenvalue weighted by atomic mass is 16.1. The first kappa shape index (κ1) is 14.6. The quantitative estimate of drug-likeness (QED) is 0.748. The van der Waals surface area contributed by atoms with E-state index in [1.54, 1.807) is 0 Å². The molecule has 5 nitrogen and oxygen atoms in total. The average molecular weight is 332 g/mol. The number of benzene rings is 1. The lowest BCUT2D eigenvalue weighted by Gasteiger charge is -2.16. The van der Waals surface area contributed by atoms with E-state index in [2.05, 4.69) is 17.1 Å². The minimum absolute atomic E-state index is 0.108. The third kappa shape index (κ3) is 2.18. The summed E-state index contributed by atoms with van der Waals surface area (Å²) in [6, 6.07) is 9.78. The molecule has 126 valence electrons. The first-order valence-corrected chi connectivity index (χ1v) is 9.00. The summed E-state index contributed by atoms with van der Waals surface area (Å²) >= 11 is 0. The van der Waals surface area contributed by atoms with Gasteiger partial charge in [0, 0.05) is 11.5 Å². The summed E-state index contributed by atoms with van der Waals surface area (Å²) in [7, 11) is 0. The maximum atomic E-state index is 12.8. The summed E-state index contributed by atoms with van der Waals surface area (Å²) in [5.74, 6) is 3.09. The normalized spacial score (nSPS) is 24.4. The zero-order valence-corrected chi connectivity index (χ0v) is 14.1. The largest absolute Gasteiger partial charge is 0.303 e. The van der Waals surface area contributed by atoms with Crippen molar-refractivity contribution in [3.8, 4) is 11.4 Å². The predicted molar refractivity (Wildman–Crippen MR) is 96.5 cm³/mol. The van der Waals surface area contributed by atoms with Crippen molar-refractivity contribution in [1.29, 1.82) is 0 Å². The second-order valence-electron chi connectivity index (χ2n) is 7.09. The number of imidazole rings is 1. The molecular formula is C20H20N4O. The van der Waals surface area contributed by atoms with Crippen LogP contribution < -0.4 is 5.56 Å². The highest BCUT2D eigenvalue weighted by molar-refractivity contribution is 5.58. The van der Waals surface area contributed by atoms with Gasteiger partial charge >= 0.3 is 0 Å². The van der Waals surface area contributed by atoms with E-state index in [4.69, 9.17) is 10.1 Å². The molecule has 0 radical (unpaired) electrons. The number of rotatable bonds is 3. The van der Waals surface area contributed by atoms with Gasteiger partial charge in [0.1, 0.15) is 5.82 Å². The van der Waals surface area contributed by atoms with Gasteiger partial charge in [0.25, 0.3) is 5.56 Å². The monoisotopic (exact) mass is 332 g/mol. The van der Waals surface area contributed by atoms with E-state index >= 15 is 0 Å². The number of aromatic amines is 1. The number of aromatic nitrogens is 4. The summed E-state index contributed by atoms with van der Waals surface area (Å²) in [5, 5.41) is 4.78. The third-order valence-corrected chi connectivity index (χ3v) is 5.59. The fraction of sp³-hybridized carbons (Fsp3) is 0.350. The van der Waals surface area contributed by atoms with Crippen LogP contribution >= 0.6 is 0 Å². The van der Waals surface area contributed by atoms with Gasteiger partial charge in [-0.25, -0.2) is 9.50 Å². The Morgan fingerprint density at radius 1 is 1.20 bits per heavy atom. The number of H-pyrrole nitrogens is 1. The van der Waals surface area contributed by atoms with Gasteiger partial charge in [-0.05, 0) is 31.1 Å². The topological polar surface area (TPSA) is 63.1 Å². The lowest BCUT2D eigenvalue weighted by atomic mass is 9.93. The number of fused-ring (bicyclic) bond motifs is 3. The Balaban J connectivity index is 1.74. The maximum Gasteiger partial charge on any atom is 0.277 e. The predicted octanol–water partition coefficient (Wildman–Crippen LogP) is 3.33. The van der Waals surface area contributed by atoms with E-state index in [1.165, 1.54) is 6.42 Å². The van der Waals surface area contributed by atoms with Crippen molar-refractivity contribution in [1.82, 2.24) is 19.6 Å². The Morgan fingerprint density at radius 3 is 2.72 bits per heavy atom. The van der Waals surface area contributed by atoms with Gasteiger partial charge in [-0.15, -0.1) is 5.10 Å². The fourth-order valence-electron chi connectivity index (χ4n) is 4.39. The molecule has 25 heavy (non-hydrogen) atoms. The lowest BCUT2D eigenvalue weighted by Crippen LogP contribution is -2.17. The van der Waals surface area contributed by atoms with Gasteiger partial charge < -0.3 is 4.98 Å². The molecule has 1 saturated carbocycles. The SMILES string of the molecule is CCc1nc(C2CC3C=CC2C3)n2nc(-c3ccccc3)[nH]c(=O)c12. The molecule has 2 aliphatic carbocycles. The number of hydrogen-bond donors (Lipinski definition) is 1. The van der Waals surface area contributed by atoms with Crippen LogP contribution in [0.5, 0.6) is 0 Å². The summed E-state index contributed by atoms with van der Waals surface area (Å²) in [5.41, 5.74) is 2.24. The van der Waals surface area contributed by atoms with Gasteiger partial charge in [0.2, 0.25) is 0 Å². The van der Waals surface area contributed by atoms with Crippen LogP contribution in [0.25, 0.3) is 16.9 Å². The van der Waals surface area contributed by atoms with Gasteiger partial charge in [-0.1, -0.05) is 49.4 Å². The average Bonchev–Trinajstić information content (AvgIpc) is 3.35. The Morgan fingerprint density at radius 2 is 2.04 bits per heavy atom. The van der Waals surface area contributed by atoms with Crippen molar-refractivity contribution in [2.24, 2.45) is 11.8 Å². The number of nitrogens with zero attached hydrogens (tertiary/aromatic N) is 3. The second-order valence-corrected chi connectivity index (χ2v) is 7.09. The van der Waals surface area contributed by atoms with Gasteiger partial charge in [0.05, 0.1) is 5.69 Å². The molecule has 3 aromatic rings. The molecule has 1 aromatic carbocycles. The lowest BCUT2D eigenvalue weighted by molar-refractivity contribution is 0.539. The van der Waals surface area contributed by atoms with Crippen LogP contribution in [0.1, 0.15) is 37.2 Å². The molecule has 0 saturated heterocycles. The maximum absolute atomic E-state index is 12.8. The molecule has 3 atom stereocenters. The number of aryl methyl sites for hydroxylation is 1. The number of nitrogens with one attached hydrogen (secondary N) is 1. The minimum Gasteiger partial charge on any atom is -0.303 e. The molecule has 0 spiro atoms. The Labute approximate surface area is 145 Å². The molecule has 1 N–H and O–H groups in total. The molecule has 5 rings (SSSR count). The van der Waals surface area contributed by atoms with E-state index in [1.807, 2.05) is 41.8 Å². The molecule has 3 unspecified atom stereocenters. The Kier molecular flexibility index (Phi) is 3.17. The Hall–Kier alpha value is -2.69. The highest BCUT2D eigenvalue weighted by Crippen LogP contribution is 2.48. The highest BCUT2D eigenvalue weighted by Gasteiger charge is 2.39. The number of allylic oxidation sites excluding steroid dienone is 2. The van der Waals surface area contributed by atoms with Crippen LogP contribution in [0.2, 0.25) is 0 Å². The molecule has 2 heterocycles. The zero-order valence-electron chi connectivity index (χ0n) is 14.1. The van der Waals surface area contributed by atoms with Gasteiger partial charge in [0.15, 0.2) is 11.3 Å². The summed E-state index contributed by atoms with van der Waals surface area (Å²) in [6.07, 6.45) is 7.69. The smallest absolute Gasteiger partial charge is 0.277 e. The van der Waals surface area contributed by atoms with Crippen LogP contribution in [-0.2, 0) is 6.42 Å². The van der Waals surface area contributed by atoms with Crippen LogP contribution in [0.15, 0.2) is 47.3 Å². The van der Waals surface area contributed by atoms with E-state index in [-0.39, 0.29) is 5.56 Å². The van der Waals surface area contributed by atoms with Crippen LogP contribution in [0.3, 0.4) is 0 Å². The summed E-state index contributed by atoms with van der Waals surface area (Å²) in [4.78, 5) is 20.6. The minimum atomic E-state index is -0.108. The van der Waals surface area contributed by atoms with Crippen molar-refractivity contribution in [3.63, 3.8) is 0 Å². The summed E-state index contributed by atoms with van der Waals surface area (Å²) < 4.78 is 1.82. The first-order valence-electron chi connectivity index (χ1n) is 9.00. The van der Waals surface area contributed by atoms with Crippen LogP contribution in [0.4, 0.5) is 0 Å². The number of hydrogen-bond acceptors (Lipinski definition) is 3. The van der Waals surface area contributed by atoms with Crippen LogP contribution in [-0.4, -0.2) is 19.6 Å². The molecule has 5 heteroatoms. The van der Waals surface area contributed by atoms with Crippen molar-refractivity contribution < 1.29 is 0 Å². The summed E-state index contributed by atoms with van der Waals surface area (Å²) in [6.45, 7) is 2.04. The first-order chi connectivity index (χ1) is 12.2. The fourth-order valence-corrected chi connectivity index (χ4v) is 4.39. The zero-order chi connectivity index (χ0) is 17.0. The van der Waals surface area contributed by atoms with E-state index in [0.29, 0.717) is 29.1 Å². The van der Waals surface area contributed by atoms with Crippen LogP contribution in [0, 0.1) is 11.8 Å². The molecule has 2 bridgehead atoms. The third-order valence-electron chi connectivity index (χ3n) is 5.59.